The third kappa shape index (κ3) is 3.00. The Morgan fingerprint density at radius 3 is 2.21 bits per heavy atom. The highest BCUT2D eigenvalue weighted by atomic mass is 14.6. The summed E-state index contributed by atoms with van der Waals surface area (Å²) in [6.07, 6.45) is 1.83. The fourth-order valence-corrected chi connectivity index (χ4v) is 1.99. The van der Waals surface area contributed by atoms with E-state index < -0.39 is 0 Å². The maximum atomic E-state index is 4.38. The van der Waals surface area contributed by atoms with Crippen molar-refractivity contribution in [1.82, 2.24) is 4.98 Å². The molecule has 1 heteroatoms. The van der Waals surface area contributed by atoms with Gasteiger partial charge in [0.15, 0.2) is 0 Å². The normalized spacial score (nSPS) is 9.84. The van der Waals surface area contributed by atoms with Gasteiger partial charge in [-0.3, -0.25) is 4.98 Å². The number of fused-ring (bicyclic) bond motifs is 1. The van der Waals surface area contributed by atoms with Gasteiger partial charge >= 0.3 is 0 Å². The van der Waals surface area contributed by atoms with Gasteiger partial charge in [-0.1, -0.05) is 61.9 Å². The van der Waals surface area contributed by atoms with Gasteiger partial charge in [-0.15, -0.1) is 0 Å². The Labute approximate surface area is 114 Å². The lowest BCUT2D eigenvalue weighted by Gasteiger charge is -2.04. The minimum atomic E-state index is 1.05. The second kappa shape index (κ2) is 6.14. The van der Waals surface area contributed by atoms with E-state index in [0.29, 0.717) is 0 Å². The molecule has 0 aliphatic carbocycles. The van der Waals surface area contributed by atoms with Crippen molar-refractivity contribution in [2.24, 2.45) is 0 Å². The molecule has 1 aromatic heterocycles. The topological polar surface area (TPSA) is 12.9 Å². The molecule has 3 aromatic rings. The van der Waals surface area contributed by atoms with Gasteiger partial charge in [0.25, 0.3) is 0 Å². The van der Waals surface area contributed by atoms with Crippen LogP contribution in [0.3, 0.4) is 0 Å². The van der Waals surface area contributed by atoms with E-state index >= 15 is 0 Å². The molecule has 3 rings (SSSR count). The molecule has 19 heavy (non-hydrogen) atoms. The molecule has 96 valence electrons. The molecule has 0 atom stereocenters. The van der Waals surface area contributed by atoms with E-state index in [2.05, 4.69) is 60.4 Å². The zero-order chi connectivity index (χ0) is 13.7. The summed E-state index contributed by atoms with van der Waals surface area (Å²) in [5, 5.41) is 1.18. The van der Waals surface area contributed by atoms with Gasteiger partial charge in [-0.05, 0) is 30.2 Å². The smallest absolute Gasteiger partial charge is 0.0708 e. The van der Waals surface area contributed by atoms with Crippen molar-refractivity contribution in [3.05, 3.63) is 66.4 Å². The highest BCUT2D eigenvalue weighted by Gasteiger charge is 1.99. The fourth-order valence-electron chi connectivity index (χ4n) is 1.99. The molecule has 0 N–H and O–H groups in total. The van der Waals surface area contributed by atoms with Gasteiger partial charge in [0.1, 0.15) is 0 Å². The number of benzene rings is 2. The van der Waals surface area contributed by atoms with Crippen LogP contribution in [0.4, 0.5) is 0 Å². The van der Waals surface area contributed by atoms with Crippen LogP contribution in [-0.4, -0.2) is 4.98 Å². The van der Waals surface area contributed by atoms with Crippen LogP contribution < -0.4 is 0 Å². The summed E-state index contributed by atoms with van der Waals surface area (Å²) in [6, 6.07) is 19.0. The zero-order valence-corrected chi connectivity index (χ0v) is 11.7. The molecule has 0 saturated carbocycles. The van der Waals surface area contributed by atoms with Crippen molar-refractivity contribution in [3.8, 4) is 11.1 Å². The molecule has 2 aromatic carbocycles. The van der Waals surface area contributed by atoms with Crippen LogP contribution in [0.5, 0.6) is 0 Å². The van der Waals surface area contributed by atoms with Gasteiger partial charge in [-0.2, -0.15) is 0 Å². The maximum Gasteiger partial charge on any atom is 0.0708 e. The predicted octanol–water partition coefficient (Wildman–Crippen LogP) is 5.24. The van der Waals surface area contributed by atoms with E-state index in [-0.39, 0.29) is 0 Å². The maximum absolute atomic E-state index is 4.38. The lowest BCUT2D eigenvalue weighted by Crippen LogP contribution is -1.81. The van der Waals surface area contributed by atoms with E-state index in [4.69, 9.17) is 0 Å². The van der Waals surface area contributed by atoms with Gasteiger partial charge in [-0.25, -0.2) is 0 Å². The quantitative estimate of drug-likeness (QED) is 0.575. The van der Waals surface area contributed by atoms with Crippen LogP contribution in [0.15, 0.2) is 60.8 Å². The zero-order valence-electron chi connectivity index (χ0n) is 11.7. The summed E-state index contributed by atoms with van der Waals surface area (Å²) < 4.78 is 0. The Bertz CT molecular complexity index is 654. The summed E-state index contributed by atoms with van der Waals surface area (Å²) in [4.78, 5) is 4.38. The largest absolute Gasteiger partial charge is 0.256 e. The summed E-state index contributed by atoms with van der Waals surface area (Å²) in [6.45, 7) is 6.10. The van der Waals surface area contributed by atoms with E-state index in [1.165, 1.54) is 22.1 Å². The number of hydrogen-bond acceptors (Lipinski definition) is 1. The molecule has 0 saturated heterocycles. The fraction of sp³-hybridized carbons (Fsp3) is 0.167. The average molecular weight is 249 g/mol. The number of rotatable bonds is 1. The standard InChI is InChI=1S/C16H13N.C2H6/c1-12-4-6-13(7-5-12)15-9-8-14-3-2-10-17-16(14)11-15;1-2/h2-11H,1H3;1-2H3. The number of aromatic nitrogens is 1. The molecule has 0 unspecified atom stereocenters. The average Bonchev–Trinajstić information content (AvgIpc) is 2.49. The van der Waals surface area contributed by atoms with Gasteiger partial charge < -0.3 is 0 Å². The first kappa shape index (κ1) is 13.3. The first-order valence-corrected chi connectivity index (χ1v) is 6.75. The molecule has 0 aliphatic rings. The Morgan fingerprint density at radius 2 is 1.47 bits per heavy atom. The van der Waals surface area contributed by atoms with Crippen LogP contribution in [0, 0.1) is 6.92 Å². The lowest BCUT2D eigenvalue weighted by molar-refractivity contribution is 1.41. The number of hydrogen-bond donors (Lipinski definition) is 0. The molecule has 0 fully saturated rings. The van der Waals surface area contributed by atoms with Crippen molar-refractivity contribution < 1.29 is 0 Å². The number of nitrogens with zero attached hydrogens (tertiary/aromatic N) is 1. The minimum absolute atomic E-state index is 1.05. The Balaban J connectivity index is 0.000000637. The summed E-state index contributed by atoms with van der Waals surface area (Å²) >= 11 is 0. The molecule has 0 spiro atoms. The summed E-state index contributed by atoms with van der Waals surface area (Å²) in [7, 11) is 0. The Hall–Kier alpha value is -2.15. The molecular formula is C18H19N. The molecule has 0 amide bonds. The van der Waals surface area contributed by atoms with Gasteiger partial charge in [0.2, 0.25) is 0 Å². The van der Waals surface area contributed by atoms with E-state index in [9.17, 15) is 0 Å². The van der Waals surface area contributed by atoms with E-state index in [0.717, 1.165) is 5.52 Å². The first-order valence-electron chi connectivity index (χ1n) is 6.75. The lowest BCUT2D eigenvalue weighted by atomic mass is 10.0. The summed E-state index contributed by atoms with van der Waals surface area (Å²) in [5.41, 5.74) is 4.79. The third-order valence-electron chi connectivity index (χ3n) is 2.99. The van der Waals surface area contributed by atoms with Crippen molar-refractivity contribution in [2.45, 2.75) is 20.8 Å². The van der Waals surface area contributed by atoms with Crippen LogP contribution in [-0.2, 0) is 0 Å². The molecule has 0 radical (unpaired) electrons. The van der Waals surface area contributed by atoms with Crippen LogP contribution in [0.25, 0.3) is 22.0 Å². The summed E-state index contributed by atoms with van der Waals surface area (Å²) in [5.74, 6) is 0. The first-order chi connectivity index (χ1) is 9.33. The van der Waals surface area contributed by atoms with Crippen LogP contribution in [0.1, 0.15) is 19.4 Å². The van der Waals surface area contributed by atoms with Crippen molar-refractivity contribution >= 4 is 10.9 Å². The highest BCUT2D eigenvalue weighted by Crippen LogP contribution is 2.23. The molecule has 1 nitrogen and oxygen atoms in total. The Morgan fingerprint density at radius 1 is 0.789 bits per heavy atom. The molecule has 1 heterocycles. The third-order valence-corrected chi connectivity index (χ3v) is 2.99. The van der Waals surface area contributed by atoms with E-state index in [1.54, 1.807) is 0 Å². The highest BCUT2D eigenvalue weighted by molar-refractivity contribution is 5.84. The van der Waals surface area contributed by atoms with E-state index in [1.807, 2.05) is 26.1 Å². The van der Waals surface area contributed by atoms with Crippen molar-refractivity contribution in [3.63, 3.8) is 0 Å². The van der Waals surface area contributed by atoms with Crippen LogP contribution >= 0.6 is 0 Å². The van der Waals surface area contributed by atoms with Gasteiger partial charge in [0, 0.05) is 11.6 Å². The molecular weight excluding hydrogens is 230 g/mol. The number of pyridine rings is 1. The van der Waals surface area contributed by atoms with Crippen LogP contribution in [0.2, 0.25) is 0 Å². The monoisotopic (exact) mass is 249 g/mol. The minimum Gasteiger partial charge on any atom is -0.256 e. The number of aryl methyl sites for hydroxylation is 1. The second-order valence-electron chi connectivity index (χ2n) is 4.28. The molecule has 0 aliphatic heterocycles. The van der Waals surface area contributed by atoms with Crippen molar-refractivity contribution in [2.75, 3.05) is 0 Å². The SMILES string of the molecule is CC.Cc1ccc(-c2ccc3cccnc3c2)cc1. The molecule has 0 bridgehead atoms. The van der Waals surface area contributed by atoms with Crippen molar-refractivity contribution in [1.29, 1.82) is 0 Å². The second-order valence-corrected chi connectivity index (χ2v) is 4.28. The Kier molecular flexibility index (Phi) is 4.30. The van der Waals surface area contributed by atoms with Gasteiger partial charge in [0.05, 0.1) is 5.52 Å². The predicted molar refractivity (Wildman–Crippen MR) is 83.3 cm³/mol.